The highest BCUT2D eigenvalue weighted by Crippen LogP contribution is 2.34. The van der Waals surface area contributed by atoms with Crippen molar-refractivity contribution in [2.24, 2.45) is 0 Å². The van der Waals surface area contributed by atoms with E-state index in [1.165, 1.54) is 35.3 Å². The van der Waals surface area contributed by atoms with Crippen LogP contribution >= 0.6 is 11.5 Å². The molecule has 1 aliphatic heterocycles. The molecular weight excluding hydrogens is 326 g/mol. The first-order chi connectivity index (χ1) is 12.4. The van der Waals surface area contributed by atoms with Crippen LogP contribution in [0.1, 0.15) is 23.5 Å². The van der Waals surface area contributed by atoms with Crippen molar-refractivity contribution in [2.45, 2.75) is 18.8 Å². The Kier molecular flexibility index (Phi) is 3.95. The molecule has 1 unspecified atom stereocenters. The van der Waals surface area contributed by atoms with Gasteiger partial charge in [0.05, 0.1) is 4.70 Å². The number of nitrogens with zero attached hydrogens (tertiary/aromatic N) is 3. The molecule has 1 atom stereocenters. The molecule has 0 bridgehead atoms. The van der Waals surface area contributed by atoms with E-state index in [-0.39, 0.29) is 0 Å². The fourth-order valence-electron chi connectivity index (χ4n) is 4.39. The van der Waals surface area contributed by atoms with Gasteiger partial charge in [-0.15, -0.1) is 0 Å². The van der Waals surface area contributed by atoms with Crippen LogP contribution < -0.4 is 4.90 Å². The summed E-state index contributed by atoms with van der Waals surface area (Å²) in [5, 5.41) is 1.31. The van der Waals surface area contributed by atoms with E-state index in [1.807, 2.05) is 0 Å². The second-order valence-electron chi connectivity index (χ2n) is 7.22. The van der Waals surface area contributed by atoms with Crippen molar-refractivity contribution < 1.29 is 0 Å². The molecule has 128 valence electrons. The van der Waals surface area contributed by atoms with Crippen LogP contribution in [0.25, 0.3) is 10.1 Å². The van der Waals surface area contributed by atoms with Gasteiger partial charge in [0.15, 0.2) is 0 Å². The van der Waals surface area contributed by atoms with Gasteiger partial charge >= 0.3 is 0 Å². The lowest BCUT2D eigenvalue weighted by molar-refractivity contribution is 0.241. The molecule has 0 radical (unpaired) electrons. The summed E-state index contributed by atoms with van der Waals surface area (Å²) >= 11 is 1.62. The Bertz CT molecular complexity index is 879. The van der Waals surface area contributed by atoms with E-state index in [2.05, 4.69) is 58.3 Å². The summed E-state index contributed by atoms with van der Waals surface area (Å²) < 4.78 is 6.02. The van der Waals surface area contributed by atoms with Crippen LogP contribution in [0.2, 0.25) is 0 Å². The number of aryl methyl sites for hydroxylation is 1. The van der Waals surface area contributed by atoms with Crippen LogP contribution in [0.4, 0.5) is 5.82 Å². The quantitative estimate of drug-likeness (QED) is 0.708. The topological polar surface area (TPSA) is 19.4 Å². The van der Waals surface area contributed by atoms with Crippen LogP contribution in [0.5, 0.6) is 0 Å². The molecule has 2 aliphatic rings. The molecule has 25 heavy (non-hydrogen) atoms. The molecule has 0 spiro atoms. The predicted molar refractivity (Wildman–Crippen MR) is 106 cm³/mol. The molecule has 1 aromatic heterocycles. The normalized spacial score (nSPS) is 21.0. The number of aromatic nitrogens is 1. The molecule has 2 aromatic carbocycles. The second kappa shape index (κ2) is 6.43. The Balaban J connectivity index is 1.25. The summed E-state index contributed by atoms with van der Waals surface area (Å²) in [4.78, 5) is 5.12. The molecule has 0 N–H and O–H groups in total. The lowest BCUT2D eigenvalue weighted by atomic mass is 10.0. The van der Waals surface area contributed by atoms with Crippen LogP contribution in [0, 0.1) is 0 Å². The summed E-state index contributed by atoms with van der Waals surface area (Å²) in [6.45, 7) is 5.67. The molecule has 3 aromatic rings. The van der Waals surface area contributed by atoms with Crippen molar-refractivity contribution in [3.63, 3.8) is 0 Å². The van der Waals surface area contributed by atoms with E-state index >= 15 is 0 Å². The monoisotopic (exact) mass is 349 g/mol. The van der Waals surface area contributed by atoms with Gasteiger partial charge in [0.25, 0.3) is 0 Å². The van der Waals surface area contributed by atoms with Crippen LogP contribution in [0.3, 0.4) is 0 Å². The van der Waals surface area contributed by atoms with Gasteiger partial charge in [-0.05, 0) is 53.6 Å². The highest BCUT2D eigenvalue weighted by atomic mass is 32.1. The summed E-state index contributed by atoms with van der Waals surface area (Å²) in [5.74, 6) is 1.91. The zero-order valence-corrected chi connectivity index (χ0v) is 15.2. The number of piperazine rings is 1. The standard InChI is InChI=1S/C21H23N3S/c1-2-6-18-16(5-1)9-10-17(18)15-23-11-13-24(14-12-23)21-19-7-3-4-8-20(19)25-22-21/h1-8,17H,9-15H2. The first-order valence-corrected chi connectivity index (χ1v) is 10.1. The van der Waals surface area contributed by atoms with E-state index in [0.717, 1.165) is 32.1 Å². The highest BCUT2D eigenvalue weighted by molar-refractivity contribution is 7.13. The first-order valence-electron chi connectivity index (χ1n) is 9.28. The van der Waals surface area contributed by atoms with Gasteiger partial charge < -0.3 is 4.90 Å². The third-order valence-electron chi connectivity index (χ3n) is 5.77. The Morgan fingerprint density at radius 2 is 1.76 bits per heavy atom. The molecule has 5 rings (SSSR count). The van der Waals surface area contributed by atoms with Crippen molar-refractivity contribution in [1.29, 1.82) is 0 Å². The molecule has 2 heterocycles. The van der Waals surface area contributed by atoms with Gasteiger partial charge in [-0.3, -0.25) is 4.90 Å². The van der Waals surface area contributed by atoms with Gasteiger partial charge in [0.2, 0.25) is 0 Å². The van der Waals surface area contributed by atoms with Gasteiger partial charge in [-0.2, -0.15) is 4.37 Å². The van der Waals surface area contributed by atoms with Crippen molar-refractivity contribution >= 4 is 27.4 Å². The third kappa shape index (κ3) is 2.83. The number of anilines is 1. The third-order valence-corrected chi connectivity index (χ3v) is 6.58. The number of rotatable bonds is 3. The average Bonchev–Trinajstić information content (AvgIpc) is 3.27. The summed E-state index contributed by atoms with van der Waals surface area (Å²) in [5.41, 5.74) is 3.16. The largest absolute Gasteiger partial charge is 0.353 e. The van der Waals surface area contributed by atoms with E-state index in [9.17, 15) is 0 Å². The maximum absolute atomic E-state index is 4.73. The van der Waals surface area contributed by atoms with Gasteiger partial charge in [-0.1, -0.05) is 36.4 Å². The van der Waals surface area contributed by atoms with Gasteiger partial charge in [0, 0.05) is 38.1 Å². The SMILES string of the molecule is c1ccc2c(c1)CCC2CN1CCN(c2nsc3ccccc23)CC1. The Morgan fingerprint density at radius 3 is 2.68 bits per heavy atom. The van der Waals surface area contributed by atoms with Crippen LogP contribution in [-0.4, -0.2) is 42.0 Å². The van der Waals surface area contributed by atoms with Crippen LogP contribution in [0.15, 0.2) is 48.5 Å². The Morgan fingerprint density at radius 1 is 0.960 bits per heavy atom. The van der Waals surface area contributed by atoms with Crippen molar-refractivity contribution in [1.82, 2.24) is 9.27 Å². The summed E-state index contributed by atoms with van der Waals surface area (Å²) in [6.07, 6.45) is 2.57. The lowest BCUT2D eigenvalue weighted by Crippen LogP contribution is -2.47. The smallest absolute Gasteiger partial charge is 0.150 e. The number of hydrogen-bond acceptors (Lipinski definition) is 4. The number of hydrogen-bond donors (Lipinski definition) is 0. The average molecular weight is 350 g/mol. The lowest BCUT2D eigenvalue weighted by Gasteiger charge is -2.36. The molecule has 1 aliphatic carbocycles. The minimum Gasteiger partial charge on any atom is -0.353 e. The van der Waals surface area contributed by atoms with Crippen molar-refractivity contribution in [2.75, 3.05) is 37.6 Å². The van der Waals surface area contributed by atoms with E-state index in [0.29, 0.717) is 0 Å². The molecule has 3 nitrogen and oxygen atoms in total. The van der Waals surface area contributed by atoms with Crippen molar-refractivity contribution in [3.05, 3.63) is 59.7 Å². The Labute approximate surface area is 153 Å². The Hall–Kier alpha value is -1.91. The summed E-state index contributed by atoms with van der Waals surface area (Å²) in [7, 11) is 0. The molecule has 4 heteroatoms. The molecule has 1 saturated heterocycles. The minimum absolute atomic E-state index is 0.725. The fourth-order valence-corrected chi connectivity index (χ4v) is 5.19. The van der Waals surface area contributed by atoms with E-state index in [1.54, 1.807) is 22.7 Å². The minimum atomic E-state index is 0.725. The zero-order valence-electron chi connectivity index (χ0n) is 14.4. The zero-order chi connectivity index (χ0) is 16.6. The van der Waals surface area contributed by atoms with Gasteiger partial charge in [-0.25, -0.2) is 0 Å². The second-order valence-corrected chi connectivity index (χ2v) is 8.03. The summed E-state index contributed by atoms with van der Waals surface area (Å²) in [6, 6.07) is 17.6. The van der Waals surface area contributed by atoms with Gasteiger partial charge in [0.1, 0.15) is 5.82 Å². The molecule has 1 fully saturated rings. The number of benzene rings is 2. The maximum Gasteiger partial charge on any atom is 0.150 e. The van der Waals surface area contributed by atoms with Crippen molar-refractivity contribution in [3.8, 4) is 0 Å². The van der Waals surface area contributed by atoms with E-state index in [4.69, 9.17) is 4.37 Å². The highest BCUT2D eigenvalue weighted by Gasteiger charge is 2.26. The maximum atomic E-state index is 4.73. The molecular formula is C21H23N3S. The predicted octanol–water partition coefficient (Wildman–Crippen LogP) is 4.15. The number of fused-ring (bicyclic) bond motifs is 2. The first kappa shape index (κ1) is 15.4. The molecule has 0 amide bonds. The molecule has 0 saturated carbocycles. The van der Waals surface area contributed by atoms with E-state index < -0.39 is 0 Å². The van der Waals surface area contributed by atoms with Crippen LogP contribution in [-0.2, 0) is 6.42 Å². The fraction of sp³-hybridized carbons (Fsp3) is 0.381.